The number of benzene rings is 2. The summed E-state index contributed by atoms with van der Waals surface area (Å²) >= 11 is 5.83. The molecule has 0 saturated carbocycles. The van der Waals surface area contributed by atoms with E-state index in [4.69, 9.17) is 16.7 Å². The first-order valence-electron chi connectivity index (χ1n) is 5.33. The number of phenolic OH excluding ortho intramolecular Hbond substituents is 1. The Balaban J connectivity index is 2.17. The van der Waals surface area contributed by atoms with Crippen LogP contribution in [-0.4, -0.2) is 5.11 Å². The first-order chi connectivity index (χ1) is 8.97. The molecule has 0 aliphatic carbocycles. The Morgan fingerprint density at radius 3 is 2.32 bits per heavy atom. The van der Waals surface area contributed by atoms with Crippen molar-refractivity contribution in [3.05, 3.63) is 58.4 Å². The monoisotopic (exact) mass is 287 g/mol. The largest absolute Gasteiger partial charge is 0.503 e. The second kappa shape index (κ2) is 5.40. The molecule has 2 rings (SSSR count). The van der Waals surface area contributed by atoms with Gasteiger partial charge in [0.25, 0.3) is 0 Å². The van der Waals surface area contributed by atoms with Crippen LogP contribution < -0.4 is 5.32 Å². The van der Waals surface area contributed by atoms with Gasteiger partial charge in [-0.3, -0.25) is 0 Å². The van der Waals surface area contributed by atoms with Crippen molar-refractivity contribution in [3.8, 4) is 5.75 Å². The maximum atomic E-state index is 13.1. The number of phenols is 1. The molecule has 2 N–H and O–H groups in total. The summed E-state index contributed by atoms with van der Waals surface area (Å²) in [4.78, 5) is 0. The van der Waals surface area contributed by atoms with Gasteiger partial charge in [0.15, 0.2) is 17.4 Å². The van der Waals surface area contributed by atoms with Gasteiger partial charge >= 0.3 is 0 Å². The van der Waals surface area contributed by atoms with Crippen LogP contribution >= 0.6 is 11.6 Å². The molecule has 0 heterocycles. The van der Waals surface area contributed by atoms with Gasteiger partial charge in [-0.05, 0) is 35.9 Å². The van der Waals surface area contributed by atoms with Gasteiger partial charge in [0.1, 0.15) is 5.82 Å². The molecule has 2 nitrogen and oxygen atoms in total. The minimum Gasteiger partial charge on any atom is -0.503 e. The van der Waals surface area contributed by atoms with Crippen LogP contribution in [0.5, 0.6) is 5.75 Å². The van der Waals surface area contributed by atoms with Crippen LogP contribution in [0.25, 0.3) is 0 Å². The van der Waals surface area contributed by atoms with Gasteiger partial charge in [0.2, 0.25) is 0 Å². The standard InChI is InChI=1S/C13H9ClF3NO/c14-9-2-1-8(15)5-12(9)18-6-7-3-10(16)13(19)11(17)4-7/h1-5,18-19H,6H2. The SMILES string of the molecule is Oc1c(F)cc(CNc2cc(F)ccc2Cl)cc1F. The lowest BCUT2D eigenvalue weighted by Crippen LogP contribution is -2.01. The highest BCUT2D eigenvalue weighted by Crippen LogP contribution is 2.25. The number of hydrogen-bond donors (Lipinski definition) is 2. The smallest absolute Gasteiger partial charge is 0.187 e. The number of rotatable bonds is 3. The van der Waals surface area contributed by atoms with Gasteiger partial charge in [0, 0.05) is 6.54 Å². The van der Waals surface area contributed by atoms with E-state index in [0.29, 0.717) is 10.7 Å². The van der Waals surface area contributed by atoms with Crippen LogP contribution in [0.1, 0.15) is 5.56 Å². The second-order valence-corrected chi connectivity index (χ2v) is 4.29. The van der Waals surface area contributed by atoms with Crippen LogP contribution in [-0.2, 0) is 6.54 Å². The summed E-state index contributed by atoms with van der Waals surface area (Å²) < 4.78 is 39.2. The van der Waals surface area contributed by atoms with Crippen LogP contribution in [0.4, 0.5) is 18.9 Å². The van der Waals surface area contributed by atoms with Crippen molar-refractivity contribution < 1.29 is 18.3 Å². The summed E-state index contributed by atoms with van der Waals surface area (Å²) in [6, 6.07) is 5.72. The predicted octanol–water partition coefficient (Wildman–Crippen LogP) is 4.08. The van der Waals surface area contributed by atoms with E-state index >= 15 is 0 Å². The Morgan fingerprint density at radius 1 is 1.05 bits per heavy atom. The minimum absolute atomic E-state index is 0.0390. The maximum Gasteiger partial charge on any atom is 0.187 e. The highest BCUT2D eigenvalue weighted by atomic mass is 35.5. The van der Waals surface area contributed by atoms with Crippen LogP contribution in [0.3, 0.4) is 0 Å². The van der Waals surface area contributed by atoms with E-state index in [1.165, 1.54) is 18.2 Å². The van der Waals surface area contributed by atoms with Crippen molar-refractivity contribution in [3.63, 3.8) is 0 Å². The third-order valence-corrected chi connectivity index (χ3v) is 2.82. The number of nitrogens with one attached hydrogen (secondary N) is 1. The van der Waals surface area contributed by atoms with Crippen molar-refractivity contribution in [2.24, 2.45) is 0 Å². The molecule has 100 valence electrons. The fraction of sp³-hybridized carbons (Fsp3) is 0.0769. The van der Waals surface area contributed by atoms with Crippen molar-refractivity contribution in [1.29, 1.82) is 0 Å². The van der Waals surface area contributed by atoms with Crippen LogP contribution in [0.15, 0.2) is 30.3 Å². The lowest BCUT2D eigenvalue weighted by Gasteiger charge is -2.09. The molecule has 0 aromatic heterocycles. The average molecular weight is 288 g/mol. The summed E-state index contributed by atoms with van der Waals surface area (Å²) in [6.07, 6.45) is 0. The normalized spacial score (nSPS) is 10.5. The Kier molecular flexibility index (Phi) is 3.85. The molecule has 0 saturated heterocycles. The Hall–Kier alpha value is -1.88. The highest BCUT2D eigenvalue weighted by molar-refractivity contribution is 6.33. The van der Waals surface area contributed by atoms with Gasteiger partial charge in [0.05, 0.1) is 10.7 Å². The van der Waals surface area contributed by atoms with Gasteiger partial charge in [-0.2, -0.15) is 0 Å². The van der Waals surface area contributed by atoms with Crippen molar-refractivity contribution in [2.75, 3.05) is 5.32 Å². The van der Waals surface area contributed by atoms with E-state index in [-0.39, 0.29) is 12.1 Å². The van der Waals surface area contributed by atoms with Gasteiger partial charge in [-0.15, -0.1) is 0 Å². The average Bonchev–Trinajstić information content (AvgIpc) is 2.37. The predicted molar refractivity (Wildman–Crippen MR) is 66.8 cm³/mol. The summed E-state index contributed by atoms with van der Waals surface area (Å²) in [6.45, 7) is 0.0390. The van der Waals surface area contributed by atoms with E-state index in [1.54, 1.807) is 0 Å². The molecule has 0 spiro atoms. The minimum atomic E-state index is -1.05. The molecule has 0 radical (unpaired) electrons. The van der Waals surface area contributed by atoms with E-state index in [2.05, 4.69) is 5.32 Å². The zero-order valence-electron chi connectivity index (χ0n) is 9.55. The summed E-state index contributed by atoms with van der Waals surface area (Å²) in [5.74, 6) is -3.60. The fourth-order valence-electron chi connectivity index (χ4n) is 1.55. The number of halogens is 4. The van der Waals surface area contributed by atoms with Crippen LogP contribution in [0.2, 0.25) is 5.02 Å². The first kappa shape index (κ1) is 13.5. The van der Waals surface area contributed by atoms with E-state index in [9.17, 15) is 13.2 Å². The Bertz CT molecular complexity index is 596. The van der Waals surface area contributed by atoms with Gasteiger partial charge < -0.3 is 10.4 Å². The molecule has 0 atom stereocenters. The lowest BCUT2D eigenvalue weighted by atomic mass is 10.2. The third-order valence-electron chi connectivity index (χ3n) is 2.49. The zero-order valence-corrected chi connectivity index (χ0v) is 10.3. The number of hydrogen-bond acceptors (Lipinski definition) is 2. The third kappa shape index (κ3) is 3.12. The zero-order chi connectivity index (χ0) is 14.0. The molecule has 6 heteroatoms. The van der Waals surface area contributed by atoms with Crippen molar-refractivity contribution in [2.45, 2.75) is 6.54 Å². The van der Waals surface area contributed by atoms with E-state index < -0.39 is 23.2 Å². The van der Waals surface area contributed by atoms with Crippen molar-refractivity contribution in [1.82, 2.24) is 0 Å². The second-order valence-electron chi connectivity index (χ2n) is 3.89. The first-order valence-corrected chi connectivity index (χ1v) is 5.71. The lowest BCUT2D eigenvalue weighted by molar-refractivity contribution is 0.395. The molecule has 0 aliphatic rings. The quantitative estimate of drug-likeness (QED) is 0.892. The number of anilines is 1. The molecule has 0 amide bonds. The van der Waals surface area contributed by atoms with Crippen LogP contribution in [0, 0.1) is 17.5 Å². The highest BCUT2D eigenvalue weighted by Gasteiger charge is 2.10. The van der Waals surface area contributed by atoms with E-state index in [0.717, 1.165) is 12.1 Å². The Morgan fingerprint density at radius 2 is 1.68 bits per heavy atom. The maximum absolute atomic E-state index is 13.1. The van der Waals surface area contributed by atoms with Gasteiger partial charge in [-0.25, -0.2) is 13.2 Å². The molecule has 19 heavy (non-hydrogen) atoms. The molecule has 0 bridgehead atoms. The molecule has 0 unspecified atom stereocenters. The Labute approximate surface area is 112 Å². The fourth-order valence-corrected chi connectivity index (χ4v) is 1.73. The summed E-state index contributed by atoms with van der Waals surface area (Å²) in [5, 5.41) is 12.0. The molecular weight excluding hydrogens is 279 g/mol. The molecule has 0 aliphatic heterocycles. The summed E-state index contributed by atoms with van der Waals surface area (Å²) in [5.41, 5.74) is 0.573. The topological polar surface area (TPSA) is 32.3 Å². The van der Waals surface area contributed by atoms with Gasteiger partial charge in [-0.1, -0.05) is 11.6 Å². The molecule has 2 aromatic carbocycles. The van der Waals surface area contributed by atoms with Crippen molar-refractivity contribution >= 4 is 17.3 Å². The summed E-state index contributed by atoms with van der Waals surface area (Å²) in [7, 11) is 0. The molecular formula is C13H9ClF3NO. The molecule has 2 aromatic rings. The van der Waals surface area contributed by atoms with E-state index in [1.807, 2.05) is 0 Å². The molecule has 0 fully saturated rings. The number of aromatic hydroxyl groups is 1.